The number of ether oxygens (including phenoxy) is 1. The van der Waals surface area contributed by atoms with E-state index < -0.39 is 0 Å². The fourth-order valence-corrected chi connectivity index (χ4v) is 2.22. The van der Waals surface area contributed by atoms with E-state index in [-0.39, 0.29) is 5.38 Å². The van der Waals surface area contributed by atoms with Crippen LogP contribution in [0.4, 0.5) is 0 Å². The van der Waals surface area contributed by atoms with Crippen LogP contribution < -0.4 is 10.1 Å². The molecule has 0 aliphatic carbocycles. The molecule has 1 unspecified atom stereocenters. The summed E-state index contributed by atoms with van der Waals surface area (Å²) in [5.74, 6) is 1.55. The number of hydrogen-bond acceptors (Lipinski definition) is 2. The molecule has 0 saturated carbocycles. The van der Waals surface area contributed by atoms with Gasteiger partial charge in [-0.25, -0.2) is 0 Å². The predicted octanol–water partition coefficient (Wildman–Crippen LogP) is 3.44. The third kappa shape index (κ3) is 5.94. The molecule has 17 heavy (non-hydrogen) atoms. The number of nitrogens with one attached hydrogen (secondary N) is 1. The highest BCUT2D eigenvalue weighted by atomic mass is 35.5. The Morgan fingerprint density at radius 2 is 2.12 bits per heavy atom. The van der Waals surface area contributed by atoms with E-state index in [4.69, 9.17) is 16.3 Å². The summed E-state index contributed by atoms with van der Waals surface area (Å²) in [5, 5.41) is 3.58. The Bertz CT molecular complexity index is 328. The Labute approximate surface area is 109 Å². The molecular weight excluding hydrogens is 234 g/mol. The Hall–Kier alpha value is -0.730. The number of benzene rings is 1. The molecule has 2 nitrogen and oxygen atoms in total. The highest BCUT2D eigenvalue weighted by Crippen LogP contribution is 2.13. The minimum absolute atomic E-state index is 0.209. The van der Waals surface area contributed by atoms with Crippen molar-refractivity contribution in [3.05, 3.63) is 29.8 Å². The Morgan fingerprint density at radius 1 is 1.35 bits per heavy atom. The van der Waals surface area contributed by atoms with Crippen LogP contribution in [0.2, 0.25) is 0 Å². The second-order valence-electron chi connectivity index (χ2n) is 4.71. The summed E-state index contributed by atoms with van der Waals surface area (Å²) in [6.45, 7) is 6.06. The Kier molecular flexibility index (Phi) is 6.38. The fraction of sp³-hybridized carbons (Fsp3) is 0.571. The molecule has 0 radical (unpaired) electrons. The molecule has 0 spiro atoms. The summed E-state index contributed by atoms with van der Waals surface area (Å²) in [6.07, 6.45) is 1.05. The van der Waals surface area contributed by atoms with Gasteiger partial charge in [0.2, 0.25) is 0 Å². The van der Waals surface area contributed by atoms with Gasteiger partial charge in [-0.1, -0.05) is 26.0 Å². The van der Waals surface area contributed by atoms with Gasteiger partial charge in [0.05, 0.1) is 7.11 Å². The first-order chi connectivity index (χ1) is 8.11. The van der Waals surface area contributed by atoms with Crippen molar-refractivity contribution in [2.75, 3.05) is 13.7 Å². The fourth-order valence-electron chi connectivity index (χ4n) is 1.75. The van der Waals surface area contributed by atoms with Gasteiger partial charge in [0, 0.05) is 18.5 Å². The summed E-state index contributed by atoms with van der Waals surface area (Å²) >= 11 is 6.21. The van der Waals surface area contributed by atoms with Gasteiger partial charge in [0.1, 0.15) is 5.75 Å². The highest BCUT2D eigenvalue weighted by molar-refractivity contribution is 6.20. The monoisotopic (exact) mass is 255 g/mol. The second kappa shape index (κ2) is 7.57. The maximum absolute atomic E-state index is 6.21. The molecule has 0 aliphatic rings. The Balaban J connectivity index is 2.30. The van der Waals surface area contributed by atoms with Gasteiger partial charge in [-0.05, 0) is 30.0 Å². The van der Waals surface area contributed by atoms with E-state index in [0.717, 1.165) is 25.3 Å². The average Bonchev–Trinajstić information content (AvgIpc) is 2.28. The summed E-state index contributed by atoms with van der Waals surface area (Å²) in [6, 6.07) is 8.08. The van der Waals surface area contributed by atoms with Gasteiger partial charge < -0.3 is 10.1 Å². The largest absolute Gasteiger partial charge is 0.497 e. The minimum Gasteiger partial charge on any atom is -0.497 e. The van der Waals surface area contributed by atoms with Gasteiger partial charge >= 0.3 is 0 Å². The smallest absolute Gasteiger partial charge is 0.119 e. The molecule has 96 valence electrons. The van der Waals surface area contributed by atoms with Crippen LogP contribution in [0.25, 0.3) is 0 Å². The van der Waals surface area contributed by atoms with Crippen LogP contribution in [0, 0.1) is 5.92 Å². The standard InChI is InChI=1S/C14H22ClNO/c1-11(2)7-13(15)10-16-9-12-5-4-6-14(8-12)17-3/h4-6,8,11,13,16H,7,9-10H2,1-3H3. The van der Waals surface area contributed by atoms with Gasteiger partial charge in [0.15, 0.2) is 0 Å². The summed E-state index contributed by atoms with van der Waals surface area (Å²) in [7, 11) is 1.68. The first kappa shape index (κ1) is 14.3. The van der Waals surface area contributed by atoms with Crippen molar-refractivity contribution in [2.45, 2.75) is 32.2 Å². The van der Waals surface area contributed by atoms with Crippen molar-refractivity contribution >= 4 is 11.6 Å². The molecule has 0 heterocycles. The van der Waals surface area contributed by atoms with E-state index in [1.165, 1.54) is 5.56 Å². The van der Waals surface area contributed by atoms with E-state index >= 15 is 0 Å². The summed E-state index contributed by atoms with van der Waals surface area (Å²) in [4.78, 5) is 0. The van der Waals surface area contributed by atoms with Crippen LogP contribution >= 0.6 is 11.6 Å². The van der Waals surface area contributed by atoms with Crippen LogP contribution in [0.15, 0.2) is 24.3 Å². The molecule has 0 bridgehead atoms. The molecule has 0 saturated heterocycles. The lowest BCUT2D eigenvalue weighted by atomic mass is 10.1. The van der Waals surface area contributed by atoms with Gasteiger partial charge in [0.25, 0.3) is 0 Å². The number of rotatable bonds is 7. The number of alkyl halides is 1. The molecule has 1 rings (SSSR count). The molecule has 1 atom stereocenters. The van der Waals surface area contributed by atoms with Crippen LogP contribution in [0.3, 0.4) is 0 Å². The maximum Gasteiger partial charge on any atom is 0.119 e. The average molecular weight is 256 g/mol. The molecule has 0 amide bonds. The molecule has 0 aromatic heterocycles. The molecular formula is C14H22ClNO. The van der Waals surface area contributed by atoms with E-state index in [1.807, 2.05) is 18.2 Å². The first-order valence-corrected chi connectivity index (χ1v) is 6.53. The normalized spacial score (nSPS) is 12.8. The van der Waals surface area contributed by atoms with Crippen LogP contribution in [-0.2, 0) is 6.54 Å². The zero-order chi connectivity index (χ0) is 12.7. The molecule has 1 N–H and O–H groups in total. The second-order valence-corrected chi connectivity index (χ2v) is 5.33. The van der Waals surface area contributed by atoms with Gasteiger partial charge in [-0.15, -0.1) is 11.6 Å². The van der Waals surface area contributed by atoms with Crippen molar-refractivity contribution in [2.24, 2.45) is 5.92 Å². The highest BCUT2D eigenvalue weighted by Gasteiger charge is 2.06. The van der Waals surface area contributed by atoms with Crippen LogP contribution in [-0.4, -0.2) is 19.0 Å². The van der Waals surface area contributed by atoms with Crippen LogP contribution in [0.5, 0.6) is 5.75 Å². The molecule has 0 fully saturated rings. The zero-order valence-electron chi connectivity index (χ0n) is 10.9. The summed E-state index contributed by atoms with van der Waals surface area (Å²) in [5.41, 5.74) is 1.22. The lowest BCUT2D eigenvalue weighted by Crippen LogP contribution is -2.23. The van der Waals surface area contributed by atoms with Crippen molar-refractivity contribution < 1.29 is 4.74 Å². The van der Waals surface area contributed by atoms with E-state index in [1.54, 1.807) is 7.11 Å². The Morgan fingerprint density at radius 3 is 2.76 bits per heavy atom. The van der Waals surface area contributed by atoms with Gasteiger partial charge in [-0.3, -0.25) is 0 Å². The lowest BCUT2D eigenvalue weighted by Gasteiger charge is -2.13. The third-order valence-corrected chi connectivity index (χ3v) is 2.89. The van der Waals surface area contributed by atoms with E-state index in [9.17, 15) is 0 Å². The number of hydrogen-bond donors (Lipinski definition) is 1. The molecule has 1 aromatic carbocycles. The van der Waals surface area contributed by atoms with Crippen LogP contribution in [0.1, 0.15) is 25.8 Å². The first-order valence-electron chi connectivity index (χ1n) is 6.09. The number of halogens is 1. The maximum atomic E-state index is 6.21. The molecule has 1 aromatic rings. The number of methoxy groups -OCH3 is 1. The minimum atomic E-state index is 0.209. The zero-order valence-corrected chi connectivity index (χ0v) is 11.6. The topological polar surface area (TPSA) is 21.3 Å². The lowest BCUT2D eigenvalue weighted by molar-refractivity contribution is 0.414. The van der Waals surface area contributed by atoms with Crippen molar-refractivity contribution in [3.8, 4) is 5.75 Å². The molecule has 3 heteroatoms. The van der Waals surface area contributed by atoms with Crippen molar-refractivity contribution in [1.82, 2.24) is 5.32 Å². The van der Waals surface area contributed by atoms with E-state index in [2.05, 4.69) is 25.2 Å². The third-order valence-electron chi connectivity index (χ3n) is 2.56. The molecule has 0 aliphatic heterocycles. The summed E-state index contributed by atoms with van der Waals surface area (Å²) < 4.78 is 5.18. The quantitative estimate of drug-likeness (QED) is 0.754. The van der Waals surface area contributed by atoms with Crippen molar-refractivity contribution in [1.29, 1.82) is 0 Å². The SMILES string of the molecule is COc1cccc(CNCC(Cl)CC(C)C)c1. The van der Waals surface area contributed by atoms with Gasteiger partial charge in [-0.2, -0.15) is 0 Å². The van der Waals surface area contributed by atoms with Crippen molar-refractivity contribution in [3.63, 3.8) is 0 Å². The predicted molar refractivity (Wildman–Crippen MR) is 73.8 cm³/mol. The van der Waals surface area contributed by atoms with E-state index in [0.29, 0.717) is 5.92 Å².